The molecule has 0 spiro atoms. The number of hydrogen-bond donors (Lipinski definition) is 2. The first-order valence-corrected chi connectivity index (χ1v) is 8.72. The van der Waals surface area contributed by atoms with Crippen LogP contribution in [-0.4, -0.2) is 28.4 Å². The summed E-state index contributed by atoms with van der Waals surface area (Å²) in [5.74, 6) is 1.35. The van der Waals surface area contributed by atoms with Gasteiger partial charge in [-0.1, -0.05) is 36.8 Å². The van der Waals surface area contributed by atoms with E-state index in [0.29, 0.717) is 6.42 Å². The normalized spacial score (nSPS) is 14.1. The van der Waals surface area contributed by atoms with E-state index in [9.17, 15) is 9.90 Å². The van der Waals surface area contributed by atoms with Crippen molar-refractivity contribution in [3.05, 3.63) is 35.9 Å². The van der Waals surface area contributed by atoms with Crippen molar-refractivity contribution in [1.29, 1.82) is 0 Å². The number of nitrogens with one attached hydrogen (secondary N) is 1. The summed E-state index contributed by atoms with van der Waals surface area (Å²) < 4.78 is 0. The third-order valence-electron chi connectivity index (χ3n) is 3.41. The number of rotatable bonds is 10. The number of carboxylic acids is 1. The molecule has 0 radical (unpaired) electrons. The topological polar surface area (TPSA) is 49.3 Å². The Labute approximate surface area is 132 Å². The van der Waals surface area contributed by atoms with Crippen molar-refractivity contribution >= 4 is 17.7 Å². The molecule has 1 unspecified atom stereocenters. The predicted molar refractivity (Wildman–Crippen MR) is 90.8 cm³/mol. The Morgan fingerprint density at radius 2 is 1.95 bits per heavy atom. The Morgan fingerprint density at radius 3 is 2.52 bits per heavy atom. The van der Waals surface area contributed by atoms with Crippen molar-refractivity contribution < 1.29 is 9.90 Å². The van der Waals surface area contributed by atoms with Gasteiger partial charge < -0.3 is 5.11 Å². The Hall–Kier alpha value is -1.00. The molecule has 0 aliphatic heterocycles. The fraction of sp³-hybridized carbons (Fsp3) is 0.588. The monoisotopic (exact) mass is 309 g/mol. The fourth-order valence-corrected chi connectivity index (χ4v) is 3.31. The van der Waals surface area contributed by atoms with Gasteiger partial charge in [-0.2, -0.15) is 11.8 Å². The van der Waals surface area contributed by atoms with Crippen molar-refractivity contribution in [3.8, 4) is 0 Å². The van der Waals surface area contributed by atoms with E-state index in [1.165, 1.54) is 5.56 Å². The number of hydrogen-bond acceptors (Lipinski definition) is 3. The maximum atomic E-state index is 11.4. The molecule has 0 aliphatic rings. The zero-order chi connectivity index (χ0) is 15.7. The first kappa shape index (κ1) is 18.1. The van der Waals surface area contributed by atoms with Crippen LogP contribution >= 0.6 is 11.8 Å². The van der Waals surface area contributed by atoms with Crippen molar-refractivity contribution in [2.75, 3.05) is 5.75 Å². The molecule has 1 aromatic carbocycles. The third kappa shape index (κ3) is 7.00. The molecule has 0 saturated heterocycles. The smallest absolute Gasteiger partial charge is 0.323 e. The van der Waals surface area contributed by atoms with Gasteiger partial charge in [0.2, 0.25) is 0 Å². The molecule has 0 aromatic heterocycles. The Kier molecular flexibility index (Phi) is 7.83. The van der Waals surface area contributed by atoms with Gasteiger partial charge >= 0.3 is 5.97 Å². The van der Waals surface area contributed by atoms with Gasteiger partial charge in [0.1, 0.15) is 5.54 Å². The largest absolute Gasteiger partial charge is 0.480 e. The first-order chi connectivity index (χ1) is 9.94. The van der Waals surface area contributed by atoms with Crippen LogP contribution in [0.5, 0.6) is 0 Å². The second kappa shape index (κ2) is 9.11. The lowest BCUT2D eigenvalue weighted by molar-refractivity contribution is -0.144. The highest BCUT2D eigenvalue weighted by molar-refractivity contribution is 7.98. The predicted octanol–water partition coefficient (Wildman–Crippen LogP) is 3.93. The van der Waals surface area contributed by atoms with Crippen LogP contribution in [-0.2, 0) is 10.5 Å². The summed E-state index contributed by atoms with van der Waals surface area (Å²) in [6.07, 6.45) is 2.66. The molecule has 2 N–H and O–H groups in total. The van der Waals surface area contributed by atoms with Crippen LogP contribution in [0.1, 0.15) is 45.6 Å². The van der Waals surface area contributed by atoms with Crippen molar-refractivity contribution in [3.63, 3.8) is 0 Å². The van der Waals surface area contributed by atoms with Gasteiger partial charge in [-0.3, -0.25) is 10.1 Å². The summed E-state index contributed by atoms with van der Waals surface area (Å²) in [6, 6.07) is 10.6. The molecule has 1 atom stereocenters. The van der Waals surface area contributed by atoms with E-state index >= 15 is 0 Å². The minimum absolute atomic E-state index is 0.179. The zero-order valence-corrected chi connectivity index (χ0v) is 14.1. The highest BCUT2D eigenvalue weighted by atomic mass is 32.2. The average molecular weight is 309 g/mol. The molecule has 0 saturated carbocycles. The van der Waals surface area contributed by atoms with E-state index in [2.05, 4.69) is 29.6 Å². The molecule has 4 heteroatoms. The lowest BCUT2D eigenvalue weighted by Gasteiger charge is -2.28. The van der Waals surface area contributed by atoms with E-state index in [1.54, 1.807) is 6.92 Å². The van der Waals surface area contributed by atoms with Crippen molar-refractivity contribution in [2.45, 2.75) is 57.4 Å². The van der Waals surface area contributed by atoms with E-state index in [0.717, 1.165) is 24.3 Å². The van der Waals surface area contributed by atoms with Gasteiger partial charge in [0.05, 0.1) is 0 Å². The van der Waals surface area contributed by atoms with Gasteiger partial charge in [0.25, 0.3) is 0 Å². The van der Waals surface area contributed by atoms with E-state index in [1.807, 2.05) is 31.7 Å². The van der Waals surface area contributed by atoms with Crippen LogP contribution in [0.2, 0.25) is 0 Å². The summed E-state index contributed by atoms with van der Waals surface area (Å²) >= 11 is 1.91. The molecule has 1 rings (SSSR count). The quantitative estimate of drug-likeness (QED) is 0.643. The number of thioether (sulfide) groups is 1. The summed E-state index contributed by atoms with van der Waals surface area (Å²) in [6.45, 7) is 5.75. The first-order valence-electron chi connectivity index (χ1n) is 7.57. The van der Waals surface area contributed by atoms with Crippen molar-refractivity contribution in [1.82, 2.24) is 5.32 Å². The highest BCUT2D eigenvalue weighted by Gasteiger charge is 2.32. The van der Waals surface area contributed by atoms with E-state index in [-0.39, 0.29) is 6.04 Å². The number of benzene rings is 1. The second-order valence-corrected chi connectivity index (χ2v) is 7.04. The lowest BCUT2D eigenvalue weighted by atomic mass is 9.94. The molecular weight excluding hydrogens is 282 g/mol. The van der Waals surface area contributed by atoms with Gasteiger partial charge in [-0.15, -0.1) is 0 Å². The summed E-state index contributed by atoms with van der Waals surface area (Å²) in [4.78, 5) is 11.4. The summed E-state index contributed by atoms with van der Waals surface area (Å²) in [5.41, 5.74) is 0.539. The molecule has 0 heterocycles. The van der Waals surface area contributed by atoms with Gasteiger partial charge in [0, 0.05) is 11.8 Å². The standard InChI is InChI=1S/C17H27NO2S/c1-14(2)18-17(3,16(19)20)11-7-8-12-21-13-15-9-5-4-6-10-15/h4-6,9-10,14,18H,7-8,11-13H2,1-3H3,(H,19,20). The maximum absolute atomic E-state index is 11.4. The van der Waals surface area contributed by atoms with E-state index < -0.39 is 11.5 Å². The molecule has 0 aliphatic carbocycles. The molecule has 1 aromatic rings. The number of unbranched alkanes of at least 4 members (excludes halogenated alkanes) is 1. The van der Waals surface area contributed by atoms with Gasteiger partial charge in [-0.05, 0) is 44.9 Å². The maximum Gasteiger partial charge on any atom is 0.323 e. The number of carboxylic acid groups (broad SMARTS) is 1. The molecule has 3 nitrogen and oxygen atoms in total. The Balaban J connectivity index is 2.21. The van der Waals surface area contributed by atoms with Crippen LogP contribution in [0.25, 0.3) is 0 Å². The van der Waals surface area contributed by atoms with Crippen LogP contribution < -0.4 is 5.32 Å². The molecular formula is C17H27NO2S. The SMILES string of the molecule is CC(C)NC(C)(CCCCSCc1ccccc1)C(=O)O. The van der Waals surface area contributed by atoms with Crippen LogP contribution in [0.3, 0.4) is 0 Å². The van der Waals surface area contributed by atoms with Gasteiger partial charge in [-0.25, -0.2) is 0 Å². The summed E-state index contributed by atoms with van der Waals surface area (Å²) in [5, 5.41) is 12.5. The molecule has 0 fully saturated rings. The second-order valence-electron chi connectivity index (χ2n) is 5.93. The summed E-state index contributed by atoms with van der Waals surface area (Å²) in [7, 11) is 0. The van der Waals surface area contributed by atoms with Crippen LogP contribution in [0, 0.1) is 0 Å². The molecule has 21 heavy (non-hydrogen) atoms. The van der Waals surface area contributed by atoms with Crippen molar-refractivity contribution in [2.24, 2.45) is 0 Å². The zero-order valence-electron chi connectivity index (χ0n) is 13.3. The average Bonchev–Trinajstić information content (AvgIpc) is 2.43. The molecule has 118 valence electrons. The minimum Gasteiger partial charge on any atom is -0.480 e. The van der Waals surface area contributed by atoms with E-state index in [4.69, 9.17) is 0 Å². The fourth-order valence-electron chi connectivity index (χ4n) is 2.32. The van der Waals surface area contributed by atoms with Gasteiger partial charge in [0.15, 0.2) is 0 Å². The molecule has 0 bridgehead atoms. The third-order valence-corrected chi connectivity index (χ3v) is 4.52. The molecule has 0 amide bonds. The number of aliphatic carboxylic acids is 1. The lowest BCUT2D eigenvalue weighted by Crippen LogP contribution is -2.52. The highest BCUT2D eigenvalue weighted by Crippen LogP contribution is 2.18. The van der Waals surface area contributed by atoms with Crippen LogP contribution in [0.4, 0.5) is 0 Å². The van der Waals surface area contributed by atoms with Crippen LogP contribution in [0.15, 0.2) is 30.3 Å². The number of carbonyl (C=O) groups is 1. The Morgan fingerprint density at radius 1 is 1.29 bits per heavy atom. The minimum atomic E-state index is -0.807. The Bertz CT molecular complexity index is 422.